The summed E-state index contributed by atoms with van der Waals surface area (Å²) in [7, 11) is 0. The highest BCUT2D eigenvalue weighted by atomic mass is 16.6. The van der Waals surface area contributed by atoms with Crippen LogP contribution in [0.2, 0.25) is 0 Å². The van der Waals surface area contributed by atoms with Crippen LogP contribution in [0.15, 0.2) is 18.6 Å². The number of aliphatic hydroxyl groups is 3. The van der Waals surface area contributed by atoms with Gasteiger partial charge in [0.25, 0.3) is 0 Å². The maximum atomic E-state index is 11.0. The molecule has 2 aromatic rings. The number of nitrogen functional groups attached to an aromatic ring is 1. The Morgan fingerprint density at radius 3 is 2.95 bits per heavy atom. The minimum atomic E-state index is -1.84. The van der Waals surface area contributed by atoms with Gasteiger partial charge in [0.1, 0.15) is 29.5 Å². The molecule has 8 heteroatoms. The molecule has 0 saturated carbocycles. The number of hydrogen-bond donors (Lipinski definition) is 4. The van der Waals surface area contributed by atoms with Crippen LogP contribution < -0.4 is 5.73 Å². The Hall–Kier alpha value is -1.74. The lowest BCUT2D eigenvalue weighted by molar-refractivity contribution is -0.186. The van der Waals surface area contributed by atoms with Crippen LogP contribution in [0.25, 0.3) is 11.0 Å². The van der Waals surface area contributed by atoms with Crippen molar-refractivity contribution in [3.63, 3.8) is 0 Å². The first-order chi connectivity index (χ1) is 9.41. The normalized spacial score (nSPS) is 33.9. The summed E-state index contributed by atoms with van der Waals surface area (Å²) in [4.78, 5) is 7.96. The van der Waals surface area contributed by atoms with Crippen molar-refractivity contribution in [2.24, 2.45) is 0 Å². The van der Waals surface area contributed by atoms with Crippen LogP contribution in [0.3, 0.4) is 0 Å². The summed E-state index contributed by atoms with van der Waals surface area (Å²) in [6.45, 7) is 0.904. The Bertz CT molecular complexity index is 656. The van der Waals surface area contributed by atoms with Gasteiger partial charge < -0.3 is 25.8 Å². The predicted octanol–water partition coefficient (Wildman–Crippen LogP) is -1.20. The summed E-state index contributed by atoms with van der Waals surface area (Å²) in [6, 6.07) is 1.64. The molecular formula is C12H16N4O4. The van der Waals surface area contributed by atoms with Crippen LogP contribution in [0.1, 0.15) is 6.92 Å². The molecule has 108 valence electrons. The lowest BCUT2D eigenvalue weighted by atomic mass is 9.91. The molecule has 0 amide bonds. The lowest BCUT2D eigenvalue weighted by Gasteiger charge is -2.37. The van der Waals surface area contributed by atoms with E-state index in [-0.39, 0.29) is 12.4 Å². The second-order valence-electron chi connectivity index (χ2n) is 5.16. The van der Waals surface area contributed by atoms with Crippen LogP contribution in [0.4, 0.5) is 5.82 Å². The van der Waals surface area contributed by atoms with Crippen molar-refractivity contribution in [1.82, 2.24) is 14.5 Å². The van der Waals surface area contributed by atoms with Crippen LogP contribution in [0, 0.1) is 0 Å². The van der Waals surface area contributed by atoms with Crippen molar-refractivity contribution in [1.29, 1.82) is 0 Å². The van der Waals surface area contributed by atoms with Gasteiger partial charge in [-0.15, -0.1) is 0 Å². The molecule has 0 aliphatic carbocycles. The molecule has 20 heavy (non-hydrogen) atoms. The molecule has 5 N–H and O–H groups in total. The lowest BCUT2D eigenvalue weighted by Crippen LogP contribution is -2.57. The van der Waals surface area contributed by atoms with Crippen molar-refractivity contribution in [2.45, 2.75) is 24.4 Å². The summed E-state index contributed by atoms with van der Waals surface area (Å²) < 4.78 is 6.66. The minimum absolute atomic E-state index is 0.102. The standard InChI is InChI=1S/C12H16N4O4/c1-11(18)5-20-8(4-17)12(11,19)16-3-2-7-9(13)14-6-15-10(7)16/h2-3,6,8,17-19H,4-5H2,1H3,(H2,13,14,15)/t8-,11-,12-/m0/s1. The number of anilines is 1. The first-order valence-electron chi connectivity index (χ1n) is 6.17. The topological polar surface area (TPSA) is 127 Å². The number of hydrogen-bond acceptors (Lipinski definition) is 7. The van der Waals surface area contributed by atoms with Crippen LogP contribution in [-0.2, 0) is 10.5 Å². The van der Waals surface area contributed by atoms with Crippen molar-refractivity contribution >= 4 is 16.9 Å². The monoisotopic (exact) mass is 280 g/mol. The highest BCUT2D eigenvalue weighted by Crippen LogP contribution is 2.41. The average molecular weight is 280 g/mol. The fourth-order valence-corrected chi connectivity index (χ4v) is 2.67. The maximum absolute atomic E-state index is 11.0. The van der Waals surface area contributed by atoms with Crippen LogP contribution >= 0.6 is 0 Å². The molecule has 2 aromatic heterocycles. The number of aliphatic hydroxyl groups excluding tert-OH is 1. The molecule has 0 spiro atoms. The molecule has 0 bridgehead atoms. The predicted molar refractivity (Wildman–Crippen MR) is 69.6 cm³/mol. The van der Waals surface area contributed by atoms with Gasteiger partial charge in [-0.2, -0.15) is 0 Å². The van der Waals surface area contributed by atoms with E-state index < -0.39 is 24.0 Å². The zero-order chi connectivity index (χ0) is 14.5. The minimum Gasteiger partial charge on any atom is -0.393 e. The molecule has 0 unspecified atom stereocenters. The summed E-state index contributed by atoms with van der Waals surface area (Å²) in [6.07, 6.45) is 1.85. The molecule has 1 saturated heterocycles. The molecule has 3 atom stereocenters. The van der Waals surface area contributed by atoms with Gasteiger partial charge in [-0.25, -0.2) is 9.97 Å². The zero-order valence-electron chi connectivity index (χ0n) is 10.9. The second kappa shape index (κ2) is 4.13. The SMILES string of the molecule is C[C@]1(O)CO[C@@H](CO)[C@@]1(O)n1ccc2c(N)ncnc21. The van der Waals surface area contributed by atoms with Gasteiger partial charge in [-0.3, -0.25) is 4.57 Å². The van der Waals surface area contributed by atoms with Gasteiger partial charge in [0.05, 0.1) is 18.6 Å². The average Bonchev–Trinajstić information content (AvgIpc) is 2.92. The fraction of sp³-hybridized carbons (Fsp3) is 0.500. The van der Waals surface area contributed by atoms with E-state index in [0.29, 0.717) is 11.0 Å². The van der Waals surface area contributed by atoms with Crippen LogP contribution in [0.5, 0.6) is 0 Å². The van der Waals surface area contributed by atoms with Gasteiger partial charge in [0.15, 0.2) is 0 Å². The van der Waals surface area contributed by atoms with E-state index in [9.17, 15) is 15.3 Å². The largest absolute Gasteiger partial charge is 0.393 e. The Balaban J connectivity index is 2.25. The number of rotatable bonds is 2. The third-order valence-electron chi connectivity index (χ3n) is 3.85. The first kappa shape index (κ1) is 13.3. The van der Waals surface area contributed by atoms with Crippen molar-refractivity contribution < 1.29 is 20.1 Å². The fourth-order valence-electron chi connectivity index (χ4n) is 2.67. The number of fused-ring (bicyclic) bond motifs is 1. The molecule has 0 aromatic carbocycles. The van der Waals surface area contributed by atoms with E-state index in [2.05, 4.69) is 9.97 Å². The highest BCUT2D eigenvalue weighted by Gasteiger charge is 2.59. The Morgan fingerprint density at radius 2 is 2.25 bits per heavy atom. The van der Waals surface area contributed by atoms with Gasteiger partial charge in [0, 0.05) is 6.20 Å². The quantitative estimate of drug-likeness (QED) is 0.544. The molecule has 1 fully saturated rings. The van der Waals surface area contributed by atoms with Gasteiger partial charge in [-0.05, 0) is 13.0 Å². The van der Waals surface area contributed by atoms with Crippen molar-refractivity contribution in [2.75, 3.05) is 18.9 Å². The van der Waals surface area contributed by atoms with E-state index in [0.717, 1.165) is 0 Å². The summed E-state index contributed by atoms with van der Waals surface area (Å²) in [5, 5.41) is 31.3. The van der Waals surface area contributed by atoms with Gasteiger partial charge in [-0.1, -0.05) is 0 Å². The number of ether oxygens (including phenoxy) is 1. The number of aromatic nitrogens is 3. The van der Waals surface area contributed by atoms with E-state index >= 15 is 0 Å². The van der Waals surface area contributed by atoms with E-state index in [4.69, 9.17) is 10.5 Å². The third-order valence-corrected chi connectivity index (χ3v) is 3.85. The zero-order valence-corrected chi connectivity index (χ0v) is 10.9. The maximum Gasteiger partial charge on any atom is 0.203 e. The second-order valence-corrected chi connectivity index (χ2v) is 5.16. The Morgan fingerprint density at radius 1 is 1.50 bits per heavy atom. The first-order valence-corrected chi connectivity index (χ1v) is 6.17. The number of nitrogens with zero attached hydrogens (tertiary/aromatic N) is 3. The van der Waals surface area contributed by atoms with E-state index in [1.54, 1.807) is 12.3 Å². The molecule has 3 heterocycles. The number of nitrogens with two attached hydrogens (primary N) is 1. The third kappa shape index (κ3) is 1.50. The van der Waals surface area contributed by atoms with E-state index in [1.807, 2.05) is 0 Å². The van der Waals surface area contributed by atoms with Gasteiger partial charge >= 0.3 is 0 Å². The van der Waals surface area contributed by atoms with E-state index in [1.165, 1.54) is 17.8 Å². The smallest absolute Gasteiger partial charge is 0.203 e. The molecule has 8 nitrogen and oxygen atoms in total. The Kier molecular flexibility index (Phi) is 2.73. The van der Waals surface area contributed by atoms with Gasteiger partial charge in [0.2, 0.25) is 5.72 Å². The molecule has 3 rings (SSSR count). The summed E-state index contributed by atoms with van der Waals surface area (Å²) in [5.74, 6) is 0.274. The van der Waals surface area contributed by atoms with Crippen molar-refractivity contribution in [3.8, 4) is 0 Å². The molecule has 1 aliphatic heterocycles. The molecular weight excluding hydrogens is 264 g/mol. The summed E-state index contributed by atoms with van der Waals surface area (Å²) >= 11 is 0. The van der Waals surface area contributed by atoms with Crippen molar-refractivity contribution in [3.05, 3.63) is 18.6 Å². The highest BCUT2D eigenvalue weighted by molar-refractivity contribution is 5.86. The Labute approximate surface area is 114 Å². The molecule has 0 radical (unpaired) electrons. The summed E-state index contributed by atoms with van der Waals surface area (Å²) in [5.41, 5.74) is 2.70. The molecule has 1 aliphatic rings. The van der Waals surface area contributed by atoms with Crippen LogP contribution in [-0.4, -0.2) is 54.8 Å².